The fourth-order valence-electron chi connectivity index (χ4n) is 3.81. The van der Waals surface area contributed by atoms with Gasteiger partial charge in [0.15, 0.2) is 11.6 Å². The number of amides is 3. The lowest BCUT2D eigenvalue weighted by Gasteiger charge is -2.35. The van der Waals surface area contributed by atoms with Gasteiger partial charge in [-0.15, -0.1) is 0 Å². The summed E-state index contributed by atoms with van der Waals surface area (Å²) in [5, 5.41) is 22.6. The number of aliphatic hydroxyl groups is 2. The van der Waals surface area contributed by atoms with Crippen LogP contribution in [0.3, 0.4) is 0 Å². The highest BCUT2D eigenvalue weighted by atomic mass is 19.4. The smallest absolute Gasteiger partial charge is 0.408 e. The molecule has 3 amide bonds. The number of nitrogens with zero attached hydrogens (tertiary/aromatic N) is 5. The molecule has 2 aromatic rings. The van der Waals surface area contributed by atoms with Gasteiger partial charge in [-0.1, -0.05) is 0 Å². The number of urea groups is 1. The summed E-state index contributed by atoms with van der Waals surface area (Å²) >= 11 is 0. The predicted molar refractivity (Wildman–Crippen MR) is 120 cm³/mol. The summed E-state index contributed by atoms with van der Waals surface area (Å²) in [6.07, 6.45) is -2.60. The number of alkyl halides is 3. The van der Waals surface area contributed by atoms with Crippen LogP contribution in [-0.4, -0.2) is 87.8 Å². The van der Waals surface area contributed by atoms with E-state index in [4.69, 9.17) is 9.84 Å². The Morgan fingerprint density at radius 2 is 2.06 bits per heavy atom. The molecule has 4 rings (SSSR count). The van der Waals surface area contributed by atoms with Crippen molar-refractivity contribution in [1.82, 2.24) is 20.3 Å². The molecule has 15 heteroatoms. The van der Waals surface area contributed by atoms with E-state index in [1.165, 1.54) is 23.4 Å². The largest absolute Gasteiger partial charge is 0.474 e. The van der Waals surface area contributed by atoms with Gasteiger partial charge in [0.2, 0.25) is 5.88 Å². The predicted octanol–water partition coefficient (Wildman–Crippen LogP) is 0.915. The van der Waals surface area contributed by atoms with Crippen LogP contribution in [0.4, 0.5) is 35.3 Å². The van der Waals surface area contributed by atoms with Crippen molar-refractivity contribution in [3.05, 3.63) is 30.2 Å². The number of aliphatic hydroxyl groups excluding tert-OH is 2. The van der Waals surface area contributed by atoms with Crippen molar-refractivity contribution in [1.29, 1.82) is 0 Å². The zero-order valence-corrected chi connectivity index (χ0v) is 19.1. The van der Waals surface area contributed by atoms with Crippen molar-refractivity contribution >= 4 is 29.3 Å². The highest BCUT2D eigenvalue weighted by Gasteiger charge is 2.41. The zero-order chi connectivity index (χ0) is 26.0. The van der Waals surface area contributed by atoms with Gasteiger partial charge < -0.3 is 25.2 Å². The Balaban J connectivity index is 1.51. The molecule has 0 spiro atoms. The van der Waals surface area contributed by atoms with Gasteiger partial charge in [-0.2, -0.15) is 13.2 Å². The molecule has 1 fully saturated rings. The number of ether oxygens (including phenoxy) is 1. The van der Waals surface area contributed by atoms with Gasteiger partial charge in [0, 0.05) is 13.1 Å². The van der Waals surface area contributed by atoms with Gasteiger partial charge in [-0.25, -0.2) is 19.7 Å². The van der Waals surface area contributed by atoms with Crippen LogP contribution < -0.4 is 25.2 Å². The van der Waals surface area contributed by atoms with E-state index < -0.39 is 36.9 Å². The van der Waals surface area contributed by atoms with E-state index in [1.54, 1.807) is 6.07 Å². The van der Waals surface area contributed by atoms with Gasteiger partial charge in [-0.05, 0) is 25.5 Å². The number of pyridine rings is 1. The SMILES string of the molecule is C[C@@H](NC(=O)c1ccc2c(n1)N(C(=O)Nc1cnc(OC[C@H](O)CO)cn1)[C@H]1CCN2C1)C(F)(F)F. The Morgan fingerprint density at radius 1 is 1.28 bits per heavy atom. The summed E-state index contributed by atoms with van der Waals surface area (Å²) in [5.74, 6) is -0.700. The van der Waals surface area contributed by atoms with Gasteiger partial charge >= 0.3 is 12.2 Å². The first-order valence-corrected chi connectivity index (χ1v) is 11.0. The standard InChI is InChI=1S/C21H24F3N7O5/c1-11(21(22,23)24)27-19(34)14-2-3-15-18(28-14)31(12-4-5-30(15)8-12)20(35)29-16-6-26-17(7-25-16)36-10-13(33)9-32/h2-3,6-7,11-13,32-33H,4-5,8-10H2,1H3,(H,27,34)(H,25,29,35)/t11-,12+,13-/m1/s1. The number of nitrogens with one attached hydrogen (secondary N) is 2. The number of hydrogen-bond acceptors (Lipinski definition) is 9. The fourth-order valence-corrected chi connectivity index (χ4v) is 3.81. The summed E-state index contributed by atoms with van der Waals surface area (Å²) in [4.78, 5) is 41.2. The maximum atomic E-state index is 13.2. The van der Waals surface area contributed by atoms with Crippen molar-refractivity contribution in [3.8, 4) is 5.88 Å². The minimum atomic E-state index is -4.61. The zero-order valence-electron chi connectivity index (χ0n) is 19.1. The lowest BCUT2D eigenvalue weighted by molar-refractivity contribution is -0.149. The number of carbonyl (C=O) groups is 2. The molecule has 2 aliphatic heterocycles. The van der Waals surface area contributed by atoms with E-state index in [1.807, 2.05) is 10.2 Å². The Kier molecular flexibility index (Phi) is 7.12. The first-order chi connectivity index (χ1) is 17.1. The molecular formula is C21H24F3N7O5. The fraction of sp³-hybridized carbons (Fsp3) is 0.476. The maximum Gasteiger partial charge on any atom is 0.408 e. The molecule has 4 heterocycles. The molecular weight excluding hydrogens is 487 g/mol. The van der Waals surface area contributed by atoms with Crippen LogP contribution in [0.2, 0.25) is 0 Å². The molecule has 0 aliphatic carbocycles. The maximum absolute atomic E-state index is 13.2. The van der Waals surface area contributed by atoms with Crippen LogP contribution in [0, 0.1) is 0 Å². The summed E-state index contributed by atoms with van der Waals surface area (Å²) in [6, 6.07) is -0.0590. The third kappa shape index (κ3) is 5.41. The Bertz CT molecular complexity index is 1120. The third-order valence-electron chi connectivity index (χ3n) is 5.74. The molecule has 12 nitrogen and oxygen atoms in total. The van der Waals surface area contributed by atoms with Gasteiger partial charge in [0.05, 0.1) is 30.7 Å². The van der Waals surface area contributed by atoms with Crippen LogP contribution in [-0.2, 0) is 0 Å². The molecule has 1 saturated heterocycles. The van der Waals surface area contributed by atoms with Crippen LogP contribution in [0.5, 0.6) is 5.88 Å². The molecule has 2 aromatic heterocycles. The van der Waals surface area contributed by atoms with Crippen LogP contribution >= 0.6 is 0 Å². The second-order valence-corrected chi connectivity index (χ2v) is 8.35. The quantitative estimate of drug-likeness (QED) is 0.425. The number of rotatable bonds is 7. The van der Waals surface area contributed by atoms with Crippen molar-refractivity contribution in [2.45, 2.75) is 37.7 Å². The normalized spacial score (nSPS) is 18.3. The average Bonchev–Trinajstić information content (AvgIpc) is 3.26. The van der Waals surface area contributed by atoms with Crippen LogP contribution in [0.25, 0.3) is 0 Å². The molecule has 36 heavy (non-hydrogen) atoms. The highest BCUT2D eigenvalue weighted by molar-refractivity contribution is 6.05. The van der Waals surface area contributed by atoms with Crippen LogP contribution in [0.15, 0.2) is 24.5 Å². The van der Waals surface area contributed by atoms with Crippen LogP contribution in [0.1, 0.15) is 23.8 Å². The molecule has 2 aliphatic rings. The molecule has 0 aromatic carbocycles. The first-order valence-electron chi connectivity index (χ1n) is 11.0. The lowest BCUT2D eigenvalue weighted by Crippen LogP contribution is -2.49. The first kappa shape index (κ1) is 25.4. The summed E-state index contributed by atoms with van der Waals surface area (Å²) in [7, 11) is 0. The topological polar surface area (TPSA) is 153 Å². The monoisotopic (exact) mass is 511 g/mol. The van der Waals surface area contributed by atoms with Gasteiger partial charge in [0.25, 0.3) is 5.91 Å². The number of hydrogen-bond donors (Lipinski definition) is 4. The minimum absolute atomic E-state index is 0.0701. The minimum Gasteiger partial charge on any atom is -0.474 e. The number of anilines is 3. The second-order valence-electron chi connectivity index (χ2n) is 8.35. The van der Waals surface area contributed by atoms with E-state index in [-0.39, 0.29) is 35.9 Å². The summed E-state index contributed by atoms with van der Waals surface area (Å²) < 4.78 is 43.8. The average molecular weight is 511 g/mol. The number of carbonyl (C=O) groups excluding carboxylic acids is 2. The lowest BCUT2D eigenvalue weighted by atomic mass is 10.1. The van der Waals surface area contributed by atoms with Crippen molar-refractivity contribution < 1.29 is 37.7 Å². The van der Waals surface area contributed by atoms with E-state index >= 15 is 0 Å². The van der Waals surface area contributed by atoms with Gasteiger partial charge in [-0.3, -0.25) is 15.0 Å². The van der Waals surface area contributed by atoms with Gasteiger partial charge in [0.1, 0.15) is 24.4 Å². The van der Waals surface area contributed by atoms with Crippen molar-refractivity contribution in [2.24, 2.45) is 0 Å². The number of halogens is 3. The summed E-state index contributed by atoms with van der Waals surface area (Å²) in [5.41, 5.74) is 0.327. The molecule has 0 unspecified atom stereocenters. The van der Waals surface area contributed by atoms with Crippen molar-refractivity contribution in [2.75, 3.05) is 41.4 Å². The number of aromatic nitrogens is 3. The Morgan fingerprint density at radius 3 is 2.72 bits per heavy atom. The van der Waals surface area contributed by atoms with Crippen molar-refractivity contribution in [3.63, 3.8) is 0 Å². The summed E-state index contributed by atoms with van der Waals surface area (Å²) in [6.45, 7) is 1.34. The molecule has 194 valence electrons. The Labute approximate surface area is 203 Å². The van der Waals surface area contributed by atoms with E-state index in [0.29, 0.717) is 25.2 Å². The van der Waals surface area contributed by atoms with E-state index in [0.717, 1.165) is 6.92 Å². The highest BCUT2D eigenvalue weighted by Crippen LogP contribution is 2.39. The molecule has 4 N–H and O–H groups in total. The van der Waals surface area contributed by atoms with E-state index in [9.17, 15) is 27.9 Å². The van der Waals surface area contributed by atoms with E-state index in [2.05, 4.69) is 20.3 Å². The third-order valence-corrected chi connectivity index (χ3v) is 5.74. The number of fused-ring (bicyclic) bond motifs is 4. The second kappa shape index (κ2) is 10.1. The Hall–Kier alpha value is -3.72. The molecule has 0 radical (unpaired) electrons. The molecule has 2 bridgehead atoms. The molecule has 3 atom stereocenters. The molecule has 0 saturated carbocycles.